The lowest BCUT2D eigenvalue weighted by Crippen LogP contribution is -2.33. The molecule has 0 amide bonds. The third-order valence-electron chi connectivity index (χ3n) is 4.84. The van der Waals surface area contributed by atoms with E-state index in [2.05, 4.69) is 5.32 Å². The molecule has 3 rings (SSSR count). The van der Waals surface area contributed by atoms with Crippen molar-refractivity contribution < 1.29 is 9.13 Å². The van der Waals surface area contributed by atoms with Crippen LogP contribution in [-0.4, -0.2) is 20.7 Å². The summed E-state index contributed by atoms with van der Waals surface area (Å²) >= 11 is 0. The lowest BCUT2D eigenvalue weighted by molar-refractivity contribution is 0.251. The molecule has 2 aliphatic rings. The Morgan fingerprint density at radius 1 is 1.37 bits per heavy atom. The zero-order valence-corrected chi connectivity index (χ0v) is 11.7. The molecule has 1 aromatic rings. The zero-order valence-electron chi connectivity index (χ0n) is 11.7. The van der Waals surface area contributed by atoms with Crippen molar-refractivity contribution in [2.75, 3.05) is 20.7 Å². The molecule has 0 spiro atoms. The standard InChI is InChI=1S/C16H22FNO/c1-18-10-16(8-12-6-13(12)9-16)7-11-4-3-5-14(19-2)15(11)17/h3-5,12-13,18H,6-10H2,1-2H3. The molecule has 2 saturated carbocycles. The van der Waals surface area contributed by atoms with Crippen LogP contribution in [0.5, 0.6) is 5.75 Å². The highest BCUT2D eigenvalue weighted by Crippen LogP contribution is 2.60. The van der Waals surface area contributed by atoms with Crippen LogP contribution in [0.3, 0.4) is 0 Å². The van der Waals surface area contributed by atoms with E-state index >= 15 is 0 Å². The third-order valence-corrected chi connectivity index (χ3v) is 4.84. The summed E-state index contributed by atoms with van der Waals surface area (Å²) in [7, 11) is 3.52. The second-order valence-corrected chi connectivity index (χ2v) is 6.30. The Bertz CT molecular complexity index is 464. The number of halogens is 1. The van der Waals surface area contributed by atoms with E-state index in [0.29, 0.717) is 5.75 Å². The Hall–Kier alpha value is -1.09. The van der Waals surface area contributed by atoms with Gasteiger partial charge < -0.3 is 10.1 Å². The van der Waals surface area contributed by atoms with Crippen LogP contribution < -0.4 is 10.1 Å². The van der Waals surface area contributed by atoms with Gasteiger partial charge in [0, 0.05) is 6.54 Å². The second kappa shape index (κ2) is 4.78. The molecule has 0 aliphatic heterocycles. The van der Waals surface area contributed by atoms with Crippen LogP contribution in [0.15, 0.2) is 18.2 Å². The van der Waals surface area contributed by atoms with E-state index in [0.717, 1.165) is 30.4 Å². The van der Waals surface area contributed by atoms with Gasteiger partial charge in [0.25, 0.3) is 0 Å². The summed E-state index contributed by atoms with van der Waals surface area (Å²) in [6, 6.07) is 5.48. The minimum atomic E-state index is -0.180. The highest BCUT2D eigenvalue weighted by Gasteiger charge is 2.53. The van der Waals surface area contributed by atoms with Crippen molar-refractivity contribution in [1.29, 1.82) is 0 Å². The van der Waals surface area contributed by atoms with Crippen LogP contribution in [0, 0.1) is 23.1 Å². The summed E-state index contributed by atoms with van der Waals surface area (Å²) in [5, 5.41) is 3.31. The van der Waals surface area contributed by atoms with E-state index < -0.39 is 0 Å². The number of hydrogen-bond acceptors (Lipinski definition) is 2. The fourth-order valence-electron chi connectivity index (χ4n) is 3.99. The topological polar surface area (TPSA) is 21.3 Å². The molecule has 2 atom stereocenters. The maximum atomic E-state index is 14.3. The van der Waals surface area contributed by atoms with Crippen LogP contribution in [0.2, 0.25) is 0 Å². The molecular formula is C16H22FNO. The van der Waals surface area contributed by atoms with Gasteiger partial charge in [-0.25, -0.2) is 4.39 Å². The second-order valence-electron chi connectivity index (χ2n) is 6.30. The fraction of sp³-hybridized carbons (Fsp3) is 0.625. The minimum Gasteiger partial charge on any atom is -0.494 e. The molecule has 0 saturated heterocycles. The highest BCUT2D eigenvalue weighted by atomic mass is 19.1. The molecule has 104 valence electrons. The first-order valence-corrected chi connectivity index (χ1v) is 7.13. The number of methoxy groups -OCH3 is 1. The Kier molecular flexibility index (Phi) is 3.25. The number of nitrogens with one attached hydrogen (secondary N) is 1. The largest absolute Gasteiger partial charge is 0.494 e. The van der Waals surface area contributed by atoms with Gasteiger partial charge in [-0.2, -0.15) is 0 Å². The smallest absolute Gasteiger partial charge is 0.168 e. The molecule has 0 radical (unpaired) electrons. The highest BCUT2D eigenvalue weighted by molar-refractivity contribution is 5.32. The number of benzene rings is 1. The van der Waals surface area contributed by atoms with Crippen LogP contribution in [0.4, 0.5) is 4.39 Å². The van der Waals surface area contributed by atoms with Gasteiger partial charge in [-0.1, -0.05) is 12.1 Å². The number of ether oxygens (including phenoxy) is 1. The van der Waals surface area contributed by atoms with Crippen LogP contribution in [-0.2, 0) is 6.42 Å². The van der Waals surface area contributed by atoms with Crippen LogP contribution in [0.25, 0.3) is 0 Å². The molecule has 1 N–H and O–H groups in total. The molecule has 3 heteroatoms. The summed E-state index contributed by atoms with van der Waals surface area (Å²) in [6.07, 6.45) is 4.71. The van der Waals surface area contributed by atoms with Crippen molar-refractivity contribution in [2.45, 2.75) is 25.7 Å². The summed E-state index contributed by atoms with van der Waals surface area (Å²) in [6.45, 7) is 0.983. The van der Waals surface area contributed by atoms with Crippen molar-refractivity contribution in [1.82, 2.24) is 5.32 Å². The van der Waals surface area contributed by atoms with E-state index in [9.17, 15) is 4.39 Å². The first-order valence-electron chi connectivity index (χ1n) is 7.13. The summed E-state index contributed by atoms with van der Waals surface area (Å²) in [5.41, 5.74) is 1.05. The monoisotopic (exact) mass is 263 g/mol. The van der Waals surface area contributed by atoms with Gasteiger partial charge in [0.2, 0.25) is 0 Å². The quantitative estimate of drug-likeness (QED) is 0.881. The van der Waals surface area contributed by atoms with Gasteiger partial charge in [-0.05, 0) is 61.6 Å². The maximum Gasteiger partial charge on any atom is 0.168 e. The van der Waals surface area contributed by atoms with E-state index in [1.165, 1.54) is 26.4 Å². The molecule has 0 heterocycles. The molecule has 0 bridgehead atoms. The lowest BCUT2D eigenvalue weighted by atomic mass is 9.77. The Morgan fingerprint density at radius 2 is 2.11 bits per heavy atom. The predicted molar refractivity (Wildman–Crippen MR) is 73.8 cm³/mol. The normalized spacial score (nSPS) is 32.2. The van der Waals surface area contributed by atoms with E-state index in [-0.39, 0.29) is 11.2 Å². The zero-order chi connectivity index (χ0) is 13.5. The van der Waals surface area contributed by atoms with Gasteiger partial charge in [-0.3, -0.25) is 0 Å². The average Bonchev–Trinajstić information content (AvgIpc) is 3.01. The summed E-state index contributed by atoms with van der Waals surface area (Å²) in [5.74, 6) is 1.99. The third kappa shape index (κ3) is 2.36. The molecule has 2 aliphatic carbocycles. The van der Waals surface area contributed by atoms with E-state index in [1.54, 1.807) is 6.07 Å². The maximum absolute atomic E-state index is 14.3. The molecule has 2 fully saturated rings. The van der Waals surface area contributed by atoms with Crippen molar-refractivity contribution in [3.05, 3.63) is 29.6 Å². The molecular weight excluding hydrogens is 241 g/mol. The number of hydrogen-bond donors (Lipinski definition) is 1. The van der Waals surface area contributed by atoms with Gasteiger partial charge in [0.1, 0.15) is 0 Å². The Morgan fingerprint density at radius 3 is 2.74 bits per heavy atom. The summed E-state index contributed by atoms with van der Waals surface area (Å²) < 4.78 is 19.4. The minimum absolute atomic E-state index is 0.180. The molecule has 2 nitrogen and oxygen atoms in total. The first-order chi connectivity index (χ1) is 9.17. The molecule has 2 unspecified atom stereocenters. The SMILES string of the molecule is CNCC1(Cc2cccc(OC)c2F)CC2CC2C1. The number of rotatable bonds is 5. The average molecular weight is 263 g/mol. The fourth-order valence-corrected chi connectivity index (χ4v) is 3.99. The van der Waals surface area contributed by atoms with Crippen LogP contribution >= 0.6 is 0 Å². The lowest BCUT2D eigenvalue weighted by Gasteiger charge is -2.31. The summed E-state index contributed by atoms with van der Waals surface area (Å²) in [4.78, 5) is 0. The van der Waals surface area contributed by atoms with Crippen molar-refractivity contribution in [3.8, 4) is 5.75 Å². The van der Waals surface area contributed by atoms with Gasteiger partial charge in [-0.15, -0.1) is 0 Å². The first kappa shape index (κ1) is 12.9. The van der Waals surface area contributed by atoms with Gasteiger partial charge in [0.15, 0.2) is 11.6 Å². The van der Waals surface area contributed by atoms with Crippen molar-refractivity contribution in [3.63, 3.8) is 0 Å². The molecule has 19 heavy (non-hydrogen) atoms. The molecule has 0 aromatic heterocycles. The molecule has 1 aromatic carbocycles. The van der Waals surface area contributed by atoms with E-state index in [1.807, 2.05) is 19.2 Å². The van der Waals surface area contributed by atoms with Crippen molar-refractivity contribution >= 4 is 0 Å². The Balaban J connectivity index is 1.82. The van der Waals surface area contributed by atoms with Crippen LogP contribution in [0.1, 0.15) is 24.8 Å². The Labute approximate surface area is 114 Å². The number of fused-ring (bicyclic) bond motifs is 1. The van der Waals surface area contributed by atoms with Crippen molar-refractivity contribution in [2.24, 2.45) is 17.3 Å². The van der Waals surface area contributed by atoms with E-state index in [4.69, 9.17) is 4.74 Å². The predicted octanol–water partition coefficient (Wildman–Crippen LogP) is 3.01. The van der Waals surface area contributed by atoms with Gasteiger partial charge >= 0.3 is 0 Å². The van der Waals surface area contributed by atoms with Gasteiger partial charge in [0.05, 0.1) is 7.11 Å².